The lowest BCUT2D eigenvalue weighted by Crippen LogP contribution is -2.27. The van der Waals surface area contributed by atoms with Gasteiger partial charge in [-0.1, -0.05) is 0 Å². The van der Waals surface area contributed by atoms with Gasteiger partial charge in [0.2, 0.25) is 11.8 Å². The molecule has 8 nitrogen and oxygen atoms in total. The number of ether oxygens (including phenoxy) is 1. The average Bonchev–Trinajstić information content (AvgIpc) is 2.65. The highest BCUT2D eigenvalue weighted by atomic mass is 16.5. The number of nitrogens with one attached hydrogen (secondary N) is 2. The second-order valence-corrected chi connectivity index (χ2v) is 5.87. The highest BCUT2D eigenvalue weighted by molar-refractivity contribution is 5.92. The summed E-state index contributed by atoms with van der Waals surface area (Å²) in [6.07, 6.45) is 1.34. The molecule has 0 aliphatic rings. The first-order chi connectivity index (χ1) is 13.0. The van der Waals surface area contributed by atoms with Crippen molar-refractivity contribution >= 4 is 34.1 Å². The maximum Gasteiger partial charge on any atom is 0.261 e. The van der Waals surface area contributed by atoms with E-state index in [1.54, 1.807) is 42.5 Å². The van der Waals surface area contributed by atoms with E-state index in [2.05, 4.69) is 15.6 Å². The Morgan fingerprint density at radius 3 is 2.37 bits per heavy atom. The predicted octanol–water partition coefficient (Wildman–Crippen LogP) is 2.00. The topological polar surface area (TPSA) is 102 Å². The lowest BCUT2D eigenvalue weighted by atomic mass is 10.2. The summed E-state index contributed by atoms with van der Waals surface area (Å²) in [4.78, 5) is 40.0. The Hall–Kier alpha value is -3.68. The van der Waals surface area contributed by atoms with Gasteiger partial charge in [0.25, 0.3) is 5.56 Å². The van der Waals surface area contributed by atoms with E-state index in [0.29, 0.717) is 28.0 Å². The number of benzene rings is 2. The molecule has 0 radical (unpaired) electrons. The fraction of sp³-hybridized carbons (Fsp3) is 0.158. The summed E-state index contributed by atoms with van der Waals surface area (Å²) in [7, 11) is 1.54. The summed E-state index contributed by atoms with van der Waals surface area (Å²) in [5, 5.41) is 5.76. The molecular formula is C19H18N4O4. The summed E-state index contributed by atoms with van der Waals surface area (Å²) in [5.74, 6) is 0.0687. The van der Waals surface area contributed by atoms with Crippen LogP contribution < -0.4 is 20.9 Å². The maximum atomic E-state index is 12.5. The van der Waals surface area contributed by atoms with Crippen LogP contribution in [0, 0.1) is 0 Å². The molecule has 138 valence electrons. The van der Waals surface area contributed by atoms with Gasteiger partial charge < -0.3 is 15.4 Å². The summed E-state index contributed by atoms with van der Waals surface area (Å²) >= 11 is 0. The highest BCUT2D eigenvalue weighted by Gasteiger charge is 2.09. The van der Waals surface area contributed by atoms with E-state index in [4.69, 9.17) is 4.74 Å². The molecule has 27 heavy (non-hydrogen) atoms. The second-order valence-electron chi connectivity index (χ2n) is 5.87. The van der Waals surface area contributed by atoms with Crippen LogP contribution >= 0.6 is 0 Å². The van der Waals surface area contributed by atoms with Crippen molar-refractivity contribution in [2.45, 2.75) is 13.5 Å². The standard InChI is InChI=1S/C19H18N4O4/c1-12(24)21-13-3-5-14(6-4-13)22-18(25)10-23-11-20-17-9-15(27-2)7-8-16(17)19(23)26/h3-9,11H,10H2,1-2H3,(H,21,24)(H,22,25). The highest BCUT2D eigenvalue weighted by Crippen LogP contribution is 2.16. The summed E-state index contributed by atoms with van der Waals surface area (Å²) < 4.78 is 6.36. The van der Waals surface area contributed by atoms with Gasteiger partial charge >= 0.3 is 0 Å². The van der Waals surface area contributed by atoms with E-state index in [9.17, 15) is 14.4 Å². The monoisotopic (exact) mass is 366 g/mol. The lowest BCUT2D eigenvalue weighted by Gasteiger charge is -2.09. The zero-order valence-electron chi connectivity index (χ0n) is 14.9. The van der Waals surface area contributed by atoms with Crippen LogP contribution in [-0.4, -0.2) is 28.5 Å². The summed E-state index contributed by atoms with van der Waals surface area (Å²) in [5.41, 5.74) is 1.38. The van der Waals surface area contributed by atoms with Crippen molar-refractivity contribution in [2.24, 2.45) is 0 Å². The van der Waals surface area contributed by atoms with E-state index < -0.39 is 0 Å². The Kier molecular flexibility index (Phi) is 5.16. The van der Waals surface area contributed by atoms with E-state index in [0.717, 1.165) is 0 Å². The van der Waals surface area contributed by atoms with E-state index in [-0.39, 0.29) is 23.9 Å². The molecule has 0 bridgehead atoms. The Bertz CT molecular complexity index is 1060. The molecule has 2 amide bonds. The Morgan fingerprint density at radius 2 is 1.74 bits per heavy atom. The van der Waals surface area contributed by atoms with Gasteiger partial charge in [0.05, 0.1) is 24.3 Å². The van der Waals surface area contributed by atoms with Gasteiger partial charge in [-0.3, -0.25) is 19.0 Å². The Balaban J connectivity index is 1.73. The molecule has 3 rings (SSSR count). The van der Waals surface area contributed by atoms with Crippen LogP contribution in [-0.2, 0) is 16.1 Å². The predicted molar refractivity (Wildman–Crippen MR) is 102 cm³/mol. The molecule has 0 aliphatic heterocycles. The zero-order valence-corrected chi connectivity index (χ0v) is 14.9. The minimum absolute atomic E-state index is 0.165. The van der Waals surface area contributed by atoms with Crippen LogP contribution in [0.15, 0.2) is 53.6 Å². The number of nitrogens with zero attached hydrogens (tertiary/aromatic N) is 2. The first kappa shape index (κ1) is 18.1. The molecule has 1 aromatic heterocycles. The van der Waals surface area contributed by atoms with Crippen molar-refractivity contribution in [1.29, 1.82) is 0 Å². The normalized spacial score (nSPS) is 10.4. The molecule has 2 N–H and O–H groups in total. The van der Waals surface area contributed by atoms with Gasteiger partial charge in [-0.15, -0.1) is 0 Å². The van der Waals surface area contributed by atoms with Crippen molar-refractivity contribution in [1.82, 2.24) is 9.55 Å². The quantitative estimate of drug-likeness (QED) is 0.719. The van der Waals surface area contributed by atoms with Crippen molar-refractivity contribution in [3.63, 3.8) is 0 Å². The van der Waals surface area contributed by atoms with Gasteiger partial charge in [-0.2, -0.15) is 0 Å². The van der Waals surface area contributed by atoms with Crippen molar-refractivity contribution in [3.8, 4) is 5.75 Å². The zero-order chi connectivity index (χ0) is 19.4. The Morgan fingerprint density at radius 1 is 1.07 bits per heavy atom. The molecule has 0 aliphatic carbocycles. The number of carbonyl (C=O) groups excluding carboxylic acids is 2. The van der Waals surface area contributed by atoms with Gasteiger partial charge in [0.1, 0.15) is 12.3 Å². The number of hydrogen-bond donors (Lipinski definition) is 2. The second kappa shape index (κ2) is 7.69. The fourth-order valence-corrected chi connectivity index (χ4v) is 2.57. The molecule has 2 aromatic carbocycles. The number of hydrogen-bond acceptors (Lipinski definition) is 5. The van der Waals surface area contributed by atoms with Gasteiger partial charge in [-0.25, -0.2) is 4.98 Å². The average molecular weight is 366 g/mol. The number of fused-ring (bicyclic) bond motifs is 1. The van der Waals surface area contributed by atoms with Crippen molar-refractivity contribution < 1.29 is 14.3 Å². The first-order valence-electron chi connectivity index (χ1n) is 8.17. The number of methoxy groups -OCH3 is 1. The summed E-state index contributed by atoms with van der Waals surface area (Å²) in [6.45, 7) is 1.25. The fourth-order valence-electron chi connectivity index (χ4n) is 2.57. The van der Waals surface area contributed by atoms with Gasteiger partial charge in [0.15, 0.2) is 0 Å². The smallest absolute Gasteiger partial charge is 0.261 e. The molecule has 0 saturated heterocycles. The van der Waals surface area contributed by atoms with Gasteiger partial charge in [-0.05, 0) is 36.4 Å². The Labute approximate surface area is 154 Å². The lowest BCUT2D eigenvalue weighted by molar-refractivity contribution is -0.117. The molecule has 0 saturated carbocycles. The first-order valence-corrected chi connectivity index (χ1v) is 8.17. The van der Waals surface area contributed by atoms with Crippen LogP contribution in [0.4, 0.5) is 11.4 Å². The molecule has 8 heteroatoms. The third-order valence-corrected chi connectivity index (χ3v) is 3.84. The number of carbonyl (C=O) groups is 2. The van der Waals surface area contributed by atoms with Crippen LogP contribution in [0.25, 0.3) is 10.9 Å². The minimum atomic E-state index is -0.362. The van der Waals surface area contributed by atoms with Crippen molar-refractivity contribution in [2.75, 3.05) is 17.7 Å². The van der Waals surface area contributed by atoms with E-state index in [1.165, 1.54) is 24.9 Å². The van der Waals surface area contributed by atoms with Crippen LogP contribution in [0.3, 0.4) is 0 Å². The van der Waals surface area contributed by atoms with Crippen molar-refractivity contribution in [3.05, 3.63) is 59.1 Å². The van der Waals surface area contributed by atoms with Crippen LogP contribution in [0.2, 0.25) is 0 Å². The van der Waals surface area contributed by atoms with Crippen LogP contribution in [0.5, 0.6) is 5.75 Å². The third-order valence-electron chi connectivity index (χ3n) is 3.84. The number of amides is 2. The number of aromatic nitrogens is 2. The molecule has 0 fully saturated rings. The van der Waals surface area contributed by atoms with Crippen LogP contribution in [0.1, 0.15) is 6.92 Å². The SMILES string of the molecule is COc1ccc2c(=O)n(CC(=O)Nc3ccc(NC(C)=O)cc3)cnc2c1. The molecule has 1 heterocycles. The molecule has 0 spiro atoms. The number of rotatable bonds is 5. The molecule has 0 unspecified atom stereocenters. The minimum Gasteiger partial charge on any atom is -0.497 e. The molecule has 0 atom stereocenters. The third kappa shape index (κ3) is 4.30. The largest absolute Gasteiger partial charge is 0.497 e. The van der Waals surface area contributed by atoms with E-state index >= 15 is 0 Å². The molecule has 3 aromatic rings. The summed E-state index contributed by atoms with van der Waals surface area (Å²) in [6, 6.07) is 11.6. The molecular weight excluding hydrogens is 348 g/mol. The number of anilines is 2. The maximum absolute atomic E-state index is 12.5. The van der Waals surface area contributed by atoms with Gasteiger partial charge in [0, 0.05) is 24.4 Å². The van der Waals surface area contributed by atoms with E-state index in [1.807, 2.05) is 0 Å².